The van der Waals surface area contributed by atoms with Crippen LogP contribution in [0.1, 0.15) is 18.8 Å². The van der Waals surface area contributed by atoms with Crippen molar-refractivity contribution in [2.24, 2.45) is 0 Å². The summed E-state index contributed by atoms with van der Waals surface area (Å²) in [6.45, 7) is 3.96. The van der Waals surface area contributed by atoms with Gasteiger partial charge in [0.15, 0.2) is 0 Å². The van der Waals surface area contributed by atoms with Gasteiger partial charge in [0, 0.05) is 19.0 Å². The normalized spacial score (nSPS) is 13.5. The minimum Gasteiger partial charge on any atom is -0.360 e. The van der Waals surface area contributed by atoms with Crippen molar-refractivity contribution in [3.8, 4) is 0 Å². The van der Waals surface area contributed by atoms with Crippen LogP contribution in [-0.2, 0) is 4.74 Å². The van der Waals surface area contributed by atoms with Crippen LogP contribution < -0.4 is 0 Å². The largest absolute Gasteiger partial charge is 0.360 e. The Bertz CT molecular complexity index is 207. The van der Waals surface area contributed by atoms with Crippen LogP contribution in [0, 0.1) is 6.92 Å². The summed E-state index contributed by atoms with van der Waals surface area (Å²) in [5, 5.41) is 4.08. The van der Waals surface area contributed by atoms with E-state index in [4.69, 9.17) is 4.74 Å². The third-order valence-corrected chi connectivity index (χ3v) is 1.55. The van der Waals surface area contributed by atoms with E-state index in [1.54, 1.807) is 13.3 Å². The van der Waals surface area contributed by atoms with Crippen molar-refractivity contribution >= 4 is 0 Å². The first kappa shape index (κ1) is 7.28. The number of hydrogen-bond donors (Lipinski definition) is 0. The van der Waals surface area contributed by atoms with E-state index >= 15 is 0 Å². The Hall–Kier alpha value is -0.830. The number of methoxy groups -OCH3 is 1. The fourth-order valence-electron chi connectivity index (χ4n) is 0.861. The number of rotatable bonds is 2. The summed E-state index contributed by atoms with van der Waals surface area (Å²) in [6.07, 6.45) is 1.81. The fourth-order valence-corrected chi connectivity index (χ4v) is 0.861. The van der Waals surface area contributed by atoms with Crippen LogP contribution in [-0.4, -0.2) is 16.9 Å². The minimum absolute atomic E-state index is 0.0370. The van der Waals surface area contributed by atoms with Crippen LogP contribution in [0.25, 0.3) is 0 Å². The van der Waals surface area contributed by atoms with E-state index < -0.39 is 0 Å². The average Bonchev–Trinajstić information content (AvgIpc) is 2.34. The molecule has 0 radical (unpaired) electrons. The maximum atomic E-state index is 5.08. The quantitative estimate of drug-likeness (QED) is 0.620. The van der Waals surface area contributed by atoms with Gasteiger partial charge in [-0.3, -0.25) is 0 Å². The molecule has 1 unspecified atom stereocenters. The molecule has 1 rings (SSSR count). The van der Waals surface area contributed by atoms with E-state index in [9.17, 15) is 0 Å². The van der Waals surface area contributed by atoms with Crippen LogP contribution in [0.3, 0.4) is 0 Å². The van der Waals surface area contributed by atoms with Crippen LogP contribution in [0.2, 0.25) is 0 Å². The highest BCUT2D eigenvalue weighted by atomic mass is 16.5. The van der Waals surface area contributed by atoms with Crippen molar-refractivity contribution in [1.82, 2.24) is 9.78 Å². The van der Waals surface area contributed by atoms with Crippen LogP contribution in [0.15, 0.2) is 12.3 Å². The molecule has 1 heterocycles. The SMILES string of the molecule is COC(C)n1nccc1C. The highest BCUT2D eigenvalue weighted by Crippen LogP contribution is 2.06. The van der Waals surface area contributed by atoms with E-state index in [-0.39, 0.29) is 6.23 Å². The molecule has 0 aliphatic rings. The Balaban J connectivity index is 2.82. The molecule has 0 bridgehead atoms. The highest BCUT2D eigenvalue weighted by Gasteiger charge is 2.03. The molecule has 0 aromatic carbocycles. The van der Waals surface area contributed by atoms with E-state index in [1.165, 1.54) is 0 Å². The summed E-state index contributed by atoms with van der Waals surface area (Å²) in [6, 6.07) is 1.95. The second-order valence-electron chi connectivity index (χ2n) is 2.25. The molecule has 0 saturated heterocycles. The second-order valence-corrected chi connectivity index (χ2v) is 2.25. The lowest BCUT2D eigenvalue weighted by molar-refractivity contribution is 0.0484. The topological polar surface area (TPSA) is 27.1 Å². The Kier molecular flexibility index (Phi) is 2.06. The van der Waals surface area contributed by atoms with Crippen LogP contribution in [0.4, 0.5) is 0 Å². The fraction of sp³-hybridized carbons (Fsp3) is 0.571. The predicted molar refractivity (Wildman–Crippen MR) is 38.7 cm³/mol. The van der Waals surface area contributed by atoms with Crippen molar-refractivity contribution < 1.29 is 4.74 Å². The maximum absolute atomic E-state index is 5.08. The maximum Gasteiger partial charge on any atom is 0.147 e. The first-order valence-electron chi connectivity index (χ1n) is 3.28. The zero-order chi connectivity index (χ0) is 7.56. The van der Waals surface area contributed by atoms with Crippen LogP contribution >= 0.6 is 0 Å². The van der Waals surface area contributed by atoms with E-state index in [0.717, 1.165) is 5.69 Å². The smallest absolute Gasteiger partial charge is 0.147 e. The molecule has 1 aromatic heterocycles. The third kappa shape index (κ3) is 1.19. The monoisotopic (exact) mass is 140 g/mol. The number of ether oxygens (including phenoxy) is 1. The summed E-state index contributed by atoms with van der Waals surface area (Å²) in [5.41, 5.74) is 1.12. The highest BCUT2D eigenvalue weighted by molar-refractivity contribution is 4.96. The zero-order valence-electron chi connectivity index (χ0n) is 6.53. The molecule has 0 amide bonds. The van der Waals surface area contributed by atoms with Crippen molar-refractivity contribution in [2.75, 3.05) is 7.11 Å². The Morgan fingerprint density at radius 2 is 2.40 bits per heavy atom. The number of hydrogen-bond acceptors (Lipinski definition) is 2. The molecule has 10 heavy (non-hydrogen) atoms. The first-order valence-corrected chi connectivity index (χ1v) is 3.28. The van der Waals surface area contributed by atoms with Crippen LogP contribution in [0.5, 0.6) is 0 Å². The second kappa shape index (κ2) is 2.84. The Morgan fingerprint density at radius 1 is 1.70 bits per heavy atom. The lowest BCUT2D eigenvalue weighted by atomic mass is 10.5. The molecule has 56 valence electrons. The van der Waals surface area contributed by atoms with Gasteiger partial charge in [-0.1, -0.05) is 0 Å². The molecule has 0 saturated carbocycles. The molecule has 0 N–H and O–H groups in total. The minimum atomic E-state index is 0.0370. The summed E-state index contributed by atoms with van der Waals surface area (Å²) >= 11 is 0. The van der Waals surface area contributed by atoms with Gasteiger partial charge in [0.05, 0.1) is 0 Å². The van der Waals surface area contributed by atoms with Gasteiger partial charge in [-0.2, -0.15) is 5.10 Å². The molecule has 0 aliphatic carbocycles. The van der Waals surface area contributed by atoms with Gasteiger partial charge in [-0.15, -0.1) is 0 Å². The van der Waals surface area contributed by atoms with Crippen molar-refractivity contribution in [1.29, 1.82) is 0 Å². The average molecular weight is 140 g/mol. The molecule has 1 aromatic rings. The van der Waals surface area contributed by atoms with Crippen molar-refractivity contribution in [3.63, 3.8) is 0 Å². The van der Waals surface area contributed by atoms with Crippen molar-refractivity contribution in [3.05, 3.63) is 18.0 Å². The lowest BCUT2D eigenvalue weighted by Gasteiger charge is -2.11. The Morgan fingerprint density at radius 3 is 2.80 bits per heavy atom. The van der Waals surface area contributed by atoms with Gasteiger partial charge in [-0.25, -0.2) is 4.68 Å². The molecule has 0 spiro atoms. The Labute approximate surface area is 60.6 Å². The standard InChI is InChI=1S/C7H12N2O/c1-6-4-5-8-9(6)7(2)10-3/h4-5,7H,1-3H3. The van der Waals surface area contributed by atoms with Gasteiger partial charge in [0.2, 0.25) is 0 Å². The van der Waals surface area contributed by atoms with Gasteiger partial charge < -0.3 is 4.74 Å². The predicted octanol–water partition coefficient (Wildman–Crippen LogP) is 1.36. The summed E-state index contributed by atoms with van der Waals surface area (Å²) in [7, 11) is 1.67. The summed E-state index contributed by atoms with van der Waals surface area (Å²) in [5.74, 6) is 0. The molecule has 0 aliphatic heterocycles. The molecular weight excluding hydrogens is 128 g/mol. The molecule has 0 fully saturated rings. The van der Waals surface area contributed by atoms with E-state index in [2.05, 4.69) is 5.10 Å². The molecule has 3 heteroatoms. The van der Waals surface area contributed by atoms with Gasteiger partial charge in [-0.05, 0) is 19.9 Å². The summed E-state index contributed by atoms with van der Waals surface area (Å²) < 4.78 is 6.91. The lowest BCUT2D eigenvalue weighted by Crippen LogP contribution is -2.09. The number of aromatic nitrogens is 2. The van der Waals surface area contributed by atoms with Crippen molar-refractivity contribution in [2.45, 2.75) is 20.1 Å². The molecular formula is C7H12N2O. The van der Waals surface area contributed by atoms with E-state index in [0.29, 0.717) is 0 Å². The molecule has 1 atom stereocenters. The number of nitrogens with zero attached hydrogens (tertiary/aromatic N) is 2. The van der Waals surface area contributed by atoms with E-state index in [1.807, 2.05) is 24.6 Å². The van der Waals surface area contributed by atoms with Gasteiger partial charge in [0.1, 0.15) is 6.23 Å². The number of aryl methyl sites for hydroxylation is 1. The zero-order valence-corrected chi connectivity index (χ0v) is 6.53. The third-order valence-electron chi connectivity index (χ3n) is 1.55. The van der Waals surface area contributed by atoms with Gasteiger partial charge >= 0.3 is 0 Å². The first-order chi connectivity index (χ1) is 4.75. The summed E-state index contributed by atoms with van der Waals surface area (Å²) in [4.78, 5) is 0. The van der Waals surface area contributed by atoms with Gasteiger partial charge in [0.25, 0.3) is 0 Å². The molecule has 3 nitrogen and oxygen atoms in total.